The van der Waals surface area contributed by atoms with Crippen LogP contribution in [0, 0.1) is 0 Å². The van der Waals surface area contributed by atoms with Gasteiger partial charge in [-0.05, 0) is 36.6 Å². The summed E-state index contributed by atoms with van der Waals surface area (Å²) in [6.45, 7) is 1.61. The number of rotatable bonds is 5. The summed E-state index contributed by atoms with van der Waals surface area (Å²) in [5, 5.41) is 6.60. The van der Waals surface area contributed by atoms with Crippen molar-refractivity contribution in [2.45, 2.75) is 51.1 Å². The lowest BCUT2D eigenvalue weighted by molar-refractivity contribution is 0.0946. The molecule has 1 saturated carbocycles. The number of benzene rings is 1. The molecule has 0 unspecified atom stereocenters. The quantitative estimate of drug-likeness (QED) is 0.593. The Bertz CT molecular complexity index is 1030. The monoisotopic (exact) mass is 400 g/mol. The number of aromatic amines is 1. The van der Waals surface area contributed by atoms with Crippen LogP contribution in [0.5, 0.6) is 0 Å². The summed E-state index contributed by atoms with van der Waals surface area (Å²) in [5.74, 6) is 0.00505. The molecule has 2 aliphatic rings. The van der Waals surface area contributed by atoms with Crippen LogP contribution >= 0.6 is 0 Å². The molecule has 1 fully saturated rings. The van der Waals surface area contributed by atoms with Crippen LogP contribution in [0.15, 0.2) is 48.7 Å². The Hall–Kier alpha value is -2.92. The number of nitrogens with one attached hydrogen (secondary N) is 3. The highest BCUT2D eigenvalue weighted by molar-refractivity contribution is 5.97. The van der Waals surface area contributed by atoms with Crippen molar-refractivity contribution >= 4 is 5.91 Å². The fourth-order valence-corrected chi connectivity index (χ4v) is 4.57. The van der Waals surface area contributed by atoms with Crippen molar-refractivity contribution < 1.29 is 4.79 Å². The highest BCUT2D eigenvalue weighted by atomic mass is 16.1. The average molecular weight is 401 g/mol. The predicted molar refractivity (Wildman–Crippen MR) is 119 cm³/mol. The minimum atomic E-state index is 0.00505. The van der Waals surface area contributed by atoms with Crippen LogP contribution in [0.1, 0.15) is 53.7 Å². The number of pyridine rings is 1. The van der Waals surface area contributed by atoms with Gasteiger partial charge in [-0.3, -0.25) is 9.78 Å². The molecular weight excluding hydrogens is 372 g/mol. The van der Waals surface area contributed by atoms with Crippen LogP contribution in [-0.2, 0) is 13.0 Å². The molecule has 30 heavy (non-hydrogen) atoms. The van der Waals surface area contributed by atoms with Crippen LogP contribution in [0.3, 0.4) is 0 Å². The Morgan fingerprint density at radius 2 is 1.83 bits per heavy atom. The second-order valence-corrected chi connectivity index (χ2v) is 8.42. The van der Waals surface area contributed by atoms with E-state index in [0.717, 1.165) is 46.7 Å². The lowest BCUT2D eigenvalue weighted by Gasteiger charge is -2.22. The van der Waals surface area contributed by atoms with Crippen molar-refractivity contribution in [3.63, 3.8) is 0 Å². The smallest absolute Gasteiger partial charge is 0.253 e. The van der Waals surface area contributed by atoms with E-state index in [1.54, 1.807) is 0 Å². The fourth-order valence-electron chi connectivity index (χ4n) is 4.57. The molecule has 0 bridgehead atoms. The minimum absolute atomic E-state index is 0.00505. The molecule has 2 aromatic heterocycles. The summed E-state index contributed by atoms with van der Waals surface area (Å²) in [6.07, 6.45) is 9.38. The fraction of sp³-hybridized carbons (Fsp3) is 0.360. The third-order valence-electron chi connectivity index (χ3n) is 6.33. The molecule has 5 heteroatoms. The third-order valence-corrected chi connectivity index (χ3v) is 6.33. The van der Waals surface area contributed by atoms with Crippen LogP contribution in [0.25, 0.3) is 22.5 Å². The number of H-pyrrole nitrogens is 1. The molecule has 5 nitrogen and oxygen atoms in total. The number of aromatic nitrogens is 2. The number of fused-ring (bicyclic) bond motifs is 1. The Morgan fingerprint density at radius 1 is 1.00 bits per heavy atom. The van der Waals surface area contributed by atoms with Crippen molar-refractivity contribution in [1.29, 1.82) is 0 Å². The van der Waals surface area contributed by atoms with Crippen molar-refractivity contribution in [2.24, 2.45) is 0 Å². The normalized spacial score (nSPS) is 16.9. The number of carbonyl (C=O) groups is 1. The minimum Gasteiger partial charge on any atom is -0.358 e. The number of amides is 1. The van der Waals surface area contributed by atoms with Gasteiger partial charge in [-0.15, -0.1) is 0 Å². The summed E-state index contributed by atoms with van der Waals surface area (Å²) in [5.41, 5.74) is 7.14. The number of hydrogen-bond donors (Lipinski definition) is 3. The van der Waals surface area contributed by atoms with Gasteiger partial charge >= 0.3 is 0 Å². The molecule has 3 aromatic rings. The van der Waals surface area contributed by atoms with E-state index in [1.807, 2.05) is 18.3 Å². The maximum absolute atomic E-state index is 12.1. The summed E-state index contributed by atoms with van der Waals surface area (Å²) in [7, 11) is 0. The molecule has 3 heterocycles. The first kappa shape index (κ1) is 19.1. The summed E-state index contributed by atoms with van der Waals surface area (Å²) < 4.78 is 0. The molecule has 1 aliphatic carbocycles. The van der Waals surface area contributed by atoms with Gasteiger partial charge in [0.2, 0.25) is 0 Å². The second kappa shape index (κ2) is 8.44. The molecule has 5 rings (SSSR count). The van der Waals surface area contributed by atoms with E-state index in [0.29, 0.717) is 12.6 Å². The van der Waals surface area contributed by atoms with Crippen LogP contribution in [0.4, 0.5) is 0 Å². The predicted octanol–water partition coefficient (Wildman–Crippen LogP) is 4.45. The maximum Gasteiger partial charge on any atom is 0.253 e. The first-order valence-electron chi connectivity index (χ1n) is 11.1. The molecule has 0 saturated heterocycles. The summed E-state index contributed by atoms with van der Waals surface area (Å²) >= 11 is 0. The highest BCUT2D eigenvalue weighted by Gasteiger charge is 2.20. The zero-order chi connectivity index (χ0) is 20.3. The molecule has 0 radical (unpaired) electrons. The second-order valence-electron chi connectivity index (χ2n) is 8.42. The molecule has 3 N–H and O–H groups in total. The Balaban J connectivity index is 1.31. The van der Waals surface area contributed by atoms with Crippen molar-refractivity contribution in [2.75, 3.05) is 6.54 Å². The standard InChI is InChI=1S/C25H28N4O/c30-25-21-15-24(29-22(21)11-13-27-25)19-10-12-26-23(14-19)18-8-6-17(7-9-18)16-28-20-4-2-1-3-5-20/h6-10,12,14-15,20,28-29H,1-5,11,13,16H2,(H,27,30). The molecule has 1 aromatic carbocycles. The SMILES string of the molecule is O=C1NCCc2[nH]c(-c3ccnc(-c4ccc(CNC5CCCCC5)cc4)c3)cc21. The van der Waals surface area contributed by atoms with Gasteiger partial charge in [0, 0.05) is 54.3 Å². The van der Waals surface area contributed by atoms with Gasteiger partial charge in [0.15, 0.2) is 0 Å². The zero-order valence-corrected chi connectivity index (χ0v) is 17.2. The Kier molecular flexibility index (Phi) is 5.37. The van der Waals surface area contributed by atoms with E-state index in [1.165, 1.54) is 37.7 Å². The van der Waals surface area contributed by atoms with E-state index < -0.39 is 0 Å². The van der Waals surface area contributed by atoms with Crippen LogP contribution in [-0.4, -0.2) is 28.5 Å². The molecule has 1 amide bonds. The van der Waals surface area contributed by atoms with Gasteiger partial charge in [-0.25, -0.2) is 0 Å². The summed E-state index contributed by atoms with van der Waals surface area (Å²) in [4.78, 5) is 20.0. The van der Waals surface area contributed by atoms with Crippen molar-refractivity contribution in [3.8, 4) is 22.5 Å². The molecule has 1 aliphatic heterocycles. The van der Waals surface area contributed by atoms with Gasteiger partial charge in [0.25, 0.3) is 5.91 Å². The van der Waals surface area contributed by atoms with Crippen LogP contribution in [0.2, 0.25) is 0 Å². The zero-order valence-electron chi connectivity index (χ0n) is 17.2. The van der Waals surface area contributed by atoms with Crippen LogP contribution < -0.4 is 10.6 Å². The number of hydrogen-bond acceptors (Lipinski definition) is 3. The lowest BCUT2D eigenvalue weighted by Crippen LogP contribution is -2.31. The van der Waals surface area contributed by atoms with Gasteiger partial charge < -0.3 is 15.6 Å². The molecular formula is C25H28N4O. The number of nitrogens with zero attached hydrogens (tertiary/aromatic N) is 1. The van der Waals surface area contributed by atoms with E-state index >= 15 is 0 Å². The number of carbonyl (C=O) groups excluding carboxylic acids is 1. The van der Waals surface area contributed by atoms with Gasteiger partial charge in [0.1, 0.15) is 0 Å². The lowest BCUT2D eigenvalue weighted by atomic mass is 9.95. The highest BCUT2D eigenvalue weighted by Crippen LogP contribution is 2.27. The van der Waals surface area contributed by atoms with E-state index in [9.17, 15) is 4.79 Å². The van der Waals surface area contributed by atoms with E-state index in [2.05, 4.69) is 50.9 Å². The largest absolute Gasteiger partial charge is 0.358 e. The maximum atomic E-state index is 12.1. The van der Waals surface area contributed by atoms with Gasteiger partial charge in [-0.2, -0.15) is 0 Å². The first-order valence-corrected chi connectivity index (χ1v) is 11.1. The van der Waals surface area contributed by atoms with Crippen molar-refractivity contribution in [1.82, 2.24) is 20.6 Å². The topological polar surface area (TPSA) is 69.8 Å². The first-order chi connectivity index (χ1) is 14.8. The average Bonchev–Trinajstić information content (AvgIpc) is 3.25. The van der Waals surface area contributed by atoms with Gasteiger partial charge in [0.05, 0.1) is 11.3 Å². The Morgan fingerprint density at radius 3 is 2.63 bits per heavy atom. The van der Waals surface area contributed by atoms with Crippen molar-refractivity contribution in [3.05, 3.63) is 65.5 Å². The van der Waals surface area contributed by atoms with Gasteiger partial charge in [-0.1, -0.05) is 43.5 Å². The molecule has 0 spiro atoms. The summed E-state index contributed by atoms with van der Waals surface area (Å²) in [6, 6.07) is 15.4. The van der Waals surface area contributed by atoms with E-state index in [4.69, 9.17) is 0 Å². The Labute approximate surface area is 177 Å². The molecule has 154 valence electrons. The third kappa shape index (κ3) is 4.03. The van der Waals surface area contributed by atoms with E-state index in [-0.39, 0.29) is 5.91 Å². The molecule has 0 atom stereocenters.